The van der Waals surface area contributed by atoms with Crippen LogP contribution in [0.1, 0.15) is 129 Å². The zero-order chi connectivity index (χ0) is 64.5. The number of rotatable bonds is 26. The maximum atomic E-state index is 14.5. The van der Waals surface area contributed by atoms with Gasteiger partial charge in [0, 0.05) is 118 Å². The fraction of sp³-hybridized carbons (Fsp3) is 0.477. The fourth-order valence-corrected chi connectivity index (χ4v) is 15.2. The Labute approximate surface area is 529 Å². The number of imide groups is 2. The molecule has 6 amide bonds. The number of unbranched alkanes of at least 4 members (excludes halogenated alkanes) is 2. The number of hydrogen-bond donors (Lipinski definition) is 4. The summed E-state index contributed by atoms with van der Waals surface area (Å²) in [5, 5.41) is 8.45. The third kappa shape index (κ3) is 16.5. The first-order valence-corrected chi connectivity index (χ1v) is 34.8. The van der Waals surface area contributed by atoms with Gasteiger partial charge < -0.3 is 20.4 Å². The molecule has 19 nitrogen and oxygen atoms in total. The Morgan fingerprint density at radius 2 is 1.50 bits per heavy atom. The molecular weight excluding hydrogens is 1220 g/mol. The molecule has 4 aromatic rings. The number of nitrogens with zero attached hydrogens (tertiary/aromatic N) is 5. The van der Waals surface area contributed by atoms with E-state index in [4.69, 9.17) is 0 Å². The van der Waals surface area contributed by atoms with Gasteiger partial charge in [-0.3, -0.25) is 48.8 Å². The second-order valence-electron chi connectivity index (χ2n) is 24.5. The fourth-order valence-electron chi connectivity index (χ4n) is 12.2. The lowest BCUT2D eigenvalue weighted by Gasteiger charge is -2.39. The Morgan fingerprint density at radius 3 is 2.19 bits per heavy atom. The van der Waals surface area contributed by atoms with Gasteiger partial charge in [-0.05, 0) is 135 Å². The molecule has 25 heteroatoms. The van der Waals surface area contributed by atoms with Crippen LogP contribution in [0.5, 0.6) is 0 Å². The van der Waals surface area contributed by atoms with E-state index in [2.05, 4.69) is 58.0 Å². The lowest BCUT2D eigenvalue weighted by molar-refractivity contribution is -0.136. The van der Waals surface area contributed by atoms with E-state index in [0.717, 1.165) is 98.9 Å². The summed E-state index contributed by atoms with van der Waals surface area (Å²) in [5.74, 6) is -3.09. The van der Waals surface area contributed by atoms with Gasteiger partial charge in [-0.1, -0.05) is 69.5 Å². The standard InChI is InChI=1S/C65H80F3N9O10S3/c1-5-12-44(2)54-41-64(3,4)28-26-46(54)42-74-33-35-75(36-34-74)49-19-16-45(17-20-49)60(80)72-90(86,87)51-21-23-55(57(40-51)89(84,85)65(66,67)68)70-48(43-88-50-13-8-6-9-14-50)27-30-73-31-37-76(38-32-73)59(79)15-10-7-11-29-69-47-18-22-52-53(39-47)63(83)77(62(52)82)56-24-25-58(78)71-61(56)81/h6,8-9,13-14,16-23,39-40,48,56,69-70H,2,5,7,10-12,15,24-38,41-43H2,1,3-4H3,(H,72,80)(H,71,78,81)/t48-,56?/m1/s1. The number of piperidine rings is 1. The first-order valence-electron chi connectivity index (χ1n) is 30.8. The van der Waals surface area contributed by atoms with Crippen molar-refractivity contribution in [3.8, 4) is 0 Å². The lowest BCUT2D eigenvalue weighted by Crippen LogP contribution is -2.54. The molecule has 0 spiro atoms. The Hall–Kier alpha value is -7.06. The van der Waals surface area contributed by atoms with Crippen LogP contribution < -0.4 is 25.6 Å². The normalized spacial score (nSPS) is 19.0. The van der Waals surface area contributed by atoms with E-state index in [1.165, 1.54) is 46.7 Å². The largest absolute Gasteiger partial charge is 0.501 e. The zero-order valence-electron chi connectivity index (χ0n) is 51.2. The first kappa shape index (κ1) is 67.3. The Morgan fingerprint density at radius 1 is 0.800 bits per heavy atom. The molecule has 3 fully saturated rings. The van der Waals surface area contributed by atoms with Crippen molar-refractivity contribution in [2.75, 3.05) is 93.3 Å². The van der Waals surface area contributed by atoms with Gasteiger partial charge >= 0.3 is 5.51 Å². The van der Waals surface area contributed by atoms with E-state index < -0.39 is 82.5 Å². The molecule has 5 aliphatic rings. The maximum Gasteiger partial charge on any atom is 0.501 e. The highest BCUT2D eigenvalue weighted by Gasteiger charge is 2.49. The minimum Gasteiger partial charge on any atom is -0.385 e. The van der Waals surface area contributed by atoms with Gasteiger partial charge in [-0.25, -0.2) is 21.6 Å². The van der Waals surface area contributed by atoms with Crippen LogP contribution in [0.2, 0.25) is 0 Å². The summed E-state index contributed by atoms with van der Waals surface area (Å²) in [4.78, 5) is 85.3. The van der Waals surface area contributed by atoms with Crippen molar-refractivity contribution in [1.29, 1.82) is 0 Å². The van der Waals surface area contributed by atoms with E-state index >= 15 is 0 Å². The van der Waals surface area contributed by atoms with Crippen molar-refractivity contribution in [3.63, 3.8) is 0 Å². The number of carbonyl (C=O) groups is 6. The summed E-state index contributed by atoms with van der Waals surface area (Å²) < 4.78 is 99.7. The Kier molecular flexibility index (Phi) is 21.7. The van der Waals surface area contributed by atoms with E-state index in [1.807, 2.05) is 35.1 Å². The highest BCUT2D eigenvalue weighted by atomic mass is 32.2. The molecule has 90 heavy (non-hydrogen) atoms. The monoisotopic (exact) mass is 1300 g/mol. The number of amides is 6. The third-order valence-electron chi connectivity index (χ3n) is 17.4. The number of anilines is 3. The van der Waals surface area contributed by atoms with Gasteiger partial charge in [0.2, 0.25) is 17.7 Å². The molecule has 484 valence electrons. The number of fused-ring (bicyclic) bond motifs is 1. The molecule has 4 heterocycles. The quantitative estimate of drug-likeness (QED) is 0.0260. The summed E-state index contributed by atoms with van der Waals surface area (Å²) in [7, 11) is -11.1. The molecule has 0 aromatic heterocycles. The predicted octanol–water partition coefficient (Wildman–Crippen LogP) is 9.26. The number of hydrogen-bond acceptors (Lipinski definition) is 16. The Bertz CT molecular complexity index is 3610. The zero-order valence-corrected chi connectivity index (χ0v) is 53.6. The molecule has 4 N–H and O–H groups in total. The summed E-state index contributed by atoms with van der Waals surface area (Å²) in [6, 6.07) is 21.1. The number of sulfone groups is 1. The van der Waals surface area contributed by atoms with E-state index in [9.17, 15) is 58.8 Å². The molecule has 0 bridgehead atoms. The van der Waals surface area contributed by atoms with Crippen molar-refractivity contribution in [3.05, 3.63) is 131 Å². The number of alkyl halides is 3. The van der Waals surface area contributed by atoms with Gasteiger partial charge in [0.1, 0.15) is 10.9 Å². The van der Waals surface area contributed by atoms with Crippen LogP contribution in [0.4, 0.5) is 30.2 Å². The van der Waals surface area contributed by atoms with Crippen LogP contribution >= 0.6 is 11.8 Å². The van der Waals surface area contributed by atoms with Crippen molar-refractivity contribution in [2.24, 2.45) is 5.41 Å². The maximum absolute atomic E-state index is 14.5. The topological polar surface area (TPSA) is 235 Å². The predicted molar refractivity (Wildman–Crippen MR) is 340 cm³/mol. The minimum absolute atomic E-state index is 0.00258. The van der Waals surface area contributed by atoms with Crippen molar-refractivity contribution >= 4 is 84.1 Å². The highest BCUT2D eigenvalue weighted by Crippen LogP contribution is 2.43. The van der Waals surface area contributed by atoms with E-state index in [0.29, 0.717) is 76.7 Å². The minimum atomic E-state index is -6.16. The van der Waals surface area contributed by atoms with Crippen molar-refractivity contribution < 1.29 is 58.8 Å². The third-order valence-corrected chi connectivity index (χ3v) is 21.5. The molecule has 0 radical (unpaired) electrons. The average molecular weight is 1300 g/mol. The van der Waals surface area contributed by atoms with Crippen LogP contribution in [0.25, 0.3) is 0 Å². The lowest BCUT2D eigenvalue weighted by atomic mass is 9.72. The number of benzene rings is 4. The second kappa shape index (κ2) is 29.0. The average Bonchev–Trinajstić information content (AvgIpc) is 1.48. The molecular formula is C65H80F3N9O10S3. The van der Waals surface area contributed by atoms with Gasteiger partial charge in [-0.2, -0.15) is 13.2 Å². The van der Waals surface area contributed by atoms with Crippen LogP contribution in [-0.2, 0) is 34.2 Å². The SMILES string of the molecule is C=C(CCC)C1=C(CN2CCN(c3ccc(C(=O)NS(=O)(=O)c4ccc(N[C@H](CCN5CCN(C(=O)CCCCCNc6ccc7c(c6)C(=O)N(C6CCC(=O)NC6=O)C7=O)CC5)CSc5ccccc5)c(S(=O)(=O)C(F)(F)F)c4)cc3)CC2)CCC(C)(C)C1. The molecule has 3 saturated heterocycles. The van der Waals surface area contributed by atoms with Crippen LogP contribution in [0, 0.1) is 5.41 Å². The number of halogens is 3. The van der Waals surface area contributed by atoms with Crippen LogP contribution in [-0.4, -0.2) is 167 Å². The number of carbonyl (C=O) groups excluding carboxylic acids is 6. The van der Waals surface area contributed by atoms with E-state index in [1.54, 1.807) is 29.2 Å². The summed E-state index contributed by atoms with van der Waals surface area (Å²) in [6.45, 7) is 18.1. The van der Waals surface area contributed by atoms with Gasteiger partial charge in [0.25, 0.3) is 37.6 Å². The van der Waals surface area contributed by atoms with Crippen molar-refractivity contribution in [1.82, 2.24) is 29.6 Å². The molecule has 4 aliphatic heterocycles. The summed E-state index contributed by atoms with van der Waals surface area (Å²) in [5.41, 5.74) is -0.112. The Balaban J connectivity index is 0.761. The van der Waals surface area contributed by atoms with Gasteiger partial charge in [-0.15, -0.1) is 11.8 Å². The molecule has 1 unspecified atom stereocenters. The van der Waals surface area contributed by atoms with Crippen LogP contribution in [0.15, 0.2) is 129 Å². The number of piperazine rings is 2. The molecule has 4 aromatic carbocycles. The van der Waals surface area contributed by atoms with Crippen LogP contribution in [0.3, 0.4) is 0 Å². The van der Waals surface area contributed by atoms with Crippen molar-refractivity contribution in [2.45, 2.75) is 130 Å². The summed E-state index contributed by atoms with van der Waals surface area (Å²) >= 11 is 1.40. The smallest absolute Gasteiger partial charge is 0.385 e. The first-order chi connectivity index (χ1) is 42.8. The molecule has 9 rings (SSSR count). The summed E-state index contributed by atoms with van der Waals surface area (Å²) in [6.07, 6.45) is 8.06. The number of nitrogens with one attached hydrogen (secondary N) is 4. The second-order valence-corrected chi connectivity index (χ2v) is 29.2. The molecule has 2 atom stereocenters. The van der Waals surface area contributed by atoms with Gasteiger partial charge in [0.15, 0.2) is 0 Å². The number of sulfonamides is 1. The van der Waals surface area contributed by atoms with Gasteiger partial charge in [0.05, 0.1) is 21.7 Å². The highest BCUT2D eigenvalue weighted by molar-refractivity contribution is 7.99. The molecule has 1 aliphatic carbocycles. The molecule has 0 saturated carbocycles. The number of allylic oxidation sites excluding steroid dienone is 2. The van der Waals surface area contributed by atoms with E-state index in [-0.39, 0.29) is 46.6 Å². The number of thioether (sulfide) groups is 1.